The first-order valence-electron chi connectivity index (χ1n) is 5.86. The highest BCUT2D eigenvalue weighted by atomic mass is 79.9. The molecule has 0 aliphatic rings. The topological polar surface area (TPSA) is 15.3 Å². The Morgan fingerprint density at radius 3 is 2.76 bits per heavy atom. The van der Waals surface area contributed by atoms with Crippen molar-refractivity contribution < 1.29 is 4.39 Å². The smallest absolute Gasteiger partial charge is 0.137 e. The van der Waals surface area contributed by atoms with Crippen molar-refractivity contribution in [3.8, 4) is 0 Å². The van der Waals surface area contributed by atoms with Gasteiger partial charge >= 0.3 is 0 Å². The third-order valence-corrected chi connectivity index (χ3v) is 3.76. The molecule has 4 heteroatoms. The highest BCUT2D eigenvalue weighted by Crippen LogP contribution is 2.19. The zero-order valence-electron chi connectivity index (χ0n) is 10.6. The fraction of sp³-hybridized carbons (Fsp3) is 0.538. The van der Waals surface area contributed by atoms with Crippen molar-refractivity contribution in [3.63, 3.8) is 0 Å². The third kappa shape index (κ3) is 4.74. The molecule has 0 radical (unpaired) electrons. The second-order valence-corrected chi connectivity index (χ2v) is 5.26. The second kappa shape index (κ2) is 7.09. The average Bonchev–Trinajstić information content (AvgIpc) is 2.29. The van der Waals surface area contributed by atoms with Gasteiger partial charge in [0.15, 0.2) is 0 Å². The van der Waals surface area contributed by atoms with Gasteiger partial charge < -0.3 is 10.2 Å². The van der Waals surface area contributed by atoms with Crippen LogP contribution in [0.1, 0.15) is 19.4 Å². The summed E-state index contributed by atoms with van der Waals surface area (Å²) in [7, 11) is 2.10. The van der Waals surface area contributed by atoms with Crippen LogP contribution in [0.2, 0.25) is 0 Å². The van der Waals surface area contributed by atoms with Crippen molar-refractivity contribution in [2.75, 3.05) is 20.1 Å². The lowest BCUT2D eigenvalue weighted by molar-refractivity contribution is 0.273. The van der Waals surface area contributed by atoms with Crippen LogP contribution in [0.3, 0.4) is 0 Å². The number of halogens is 2. The fourth-order valence-corrected chi connectivity index (χ4v) is 1.83. The van der Waals surface area contributed by atoms with E-state index in [1.807, 2.05) is 6.07 Å². The molecule has 0 amide bonds. The van der Waals surface area contributed by atoms with Crippen molar-refractivity contribution in [1.82, 2.24) is 10.2 Å². The molecule has 0 heterocycles. The Balaban J connectivity index is 2.34. The molecule has 0 saturated heterocycles. The van der Waals surface area contributed by atoms with Crippen LogP contribution in [0.4, 0.5) is 4.39 Å². The van der Waals surface area contributed by atoms with E-state index in [1.165, 1.54) is 6.07 Å². The highest BCUT2D eigenvalue weighted by Gasteiger charge is 2.05. The molecule has 0 aromatic heterocycles. The molecule has 2 nitrogen and oxygen atoms in total. The molecule has 1 aromatic rings. The van der Waals surface area contributed by atoms with Gasteiger partial charge in [0.25, 0.3) is 0 Å². The maximum Gasteiger partial charge on any atom is 0.137 e. The number of benzene rings is 1. The van der Waals surface area contributed by atoms with Crippen LogP contribution < -0.4 is 5.32 Å². The normalized spacial score (nSPS) is 11.5. The molecule has 0 aliphatic carbocycles. The quantitative estimate of drug-likeness (QED) is 0.813. The standard InChI is InChI=1S/C13H20BrFN2/c1-10(2)17(3)8-7-16-9-11-5-4-6-12(15)13(11)14/h4-6,10,16H,7-9H2,1-3H3. The minimum Gasteiger partial charge on any atom is -0.311 e. The second-order valence-electron chi connectivity index (χ2n) is 4.46. The molecule has 0 spiro atoms. The van der Waals surface area contributed by atoms with Crippen molar-refractivity contribution in [3.05, 3.63) is 34.1 Å². The number of likely N-dealkylation sites (N-methyl/N-ethyl adjacent to an activating group) is 1. The summed E-state index contributed by atoms with van der Waals surface area (Å²) in [5.74, 6) is -0.205. The summed E-state index contributed by atoms with van der Waals surface area (Å²) in [5, 5.41) is 3.32. The Morgan fingerprint density at radius 1 is 1.41 bits per heavy atom. The van der Waals surface area contributed by atoms with Crippen LogP contribution in [0, 0.1) is 5.82 Å². The van der Waals surface area contributed by atoms with Gasteiger partial charge in [0.05, 0.1) is 4.47 Å². The van der Waals surface area contributed by atoms with E-state index in [0.717, 1.165) is 18.7 Å². The summed E-state index contributed by atoms with van der Waals surface area (Å²) < 4.78 is 13.8. The lowest BCUT2D eigenvalue weighted by Crippen LogP contribution is -2.33. The van der Waals surface area contributed by atoms with Gasteiger partial charge in [-0.1, -0.05) is 12.1 Å². The third-order valence-electron chi connectivity index (χ3n) is 2.87. The SMILES string of the molecule is CC(C)N(C)CCNCc1cccc(F)c1Br. The molecule has 0 fully saturated rings. The van der Waals surface area contributed by atoms with Gasteiger partial charge in [0, 0.05) is 25.7 Å². The Morgan fingerprint density at radius 2 is 2.12 bits per heavy atom. The minimum absolute atomic E-state index is 0.205. The lowest BCUT2D eigenvalue weighted by Gasteiger charge is -2.21. The number of hydrogen-bond donors (Lipinski definition) is 1. The van der Waals surface area contributed by atoms with Crippen LogP contribution in [-0.4, -0.2) is 31.1 Å². The van der Waals surface area contributed by atoms with Crippen LogP contribution >= 0.6 is 15.9 Å². The molecule has 0 aliphatic heterocycles. The van der Waals surface area contributed by atoms with E-state index in [-0.39, 0.29) is 5.82 Å². The van der Waals surface area contributed by atoms with Crippen LogP contribution in [0.25, 0.3) is 0 Å². The van der Waals surface area contributed by atoms with Crippen LogP contribution in [0.15, 0.2) is 22.7 Å². The van der Waals surface area contributed by atoms with Gasteiger partial charge in [-0.25, -0.2) is 4.39 Å². The molecule has 96 valence electrons. The molecule has 1 aromatic carbocycles. The Bertz CT molecular complexity index is 355. The van der Waals surface area contributed by atoms with E-state index in [0.29, 0.717) is 17.1 Å². The zero-order valence-corrected chi connectivity index (χ0v) is 12.2. The van der Waals surface area contributed by atoms with Crippen LogP contribution in [0.5, 0.6) is 0 Å². The van der Waals surface area contributed by atoms with E-state index >= 15 is 0 Å². The summed E-state index contributed by atoms with van der Waals surface area (Å²) in [4.78, 5) is 2.27. The monoisotopic (exact) mass is 302 g/mol. The number of nitrogens with zero attached hydrogens (tertiary/aromatic N) is 1. The highest BCUT2D eigenvalue weighted by molar-refractivity contribution is 9.10. The molecule has 0 atom stereocenters. The minimum atomic E-state index is -0.205. The molecular formula is C13H20BrFN2. The van der Waals surface area contributed by atoms with Crippen molar-refractivity contribution in [1.29, 1.82) is 0 Å². The molecule has 0 bridgehead atoms. The van der Waals surface area contributed by atoms with E-state index in [2.05, 4.69) is 47.0 Å². The maximum absolute atomic E-state index is 13.2. The lowest BCUT2D eigenvalue weighted by atomic mass is 10.2. The van der Waals surface area contributed by atoms with Gasteiger partial charge in [-0.15, -0.1) is 0 Å². The summed E-state index contributed by atoms with van der Waals surface area (Å²) in [6, 6.07) is 5.67. The summed E-state index contributed by atoms with van der Waals surface area (Å²) in [6.07, 6.45) is 0. The molecule has 0 unspecified atom stereocenters. The van der Waals surface area contributed by atoms with Gasteiger partial charge in [-0.05, 0) is 48.5 Å². The summed E-state index contributed by atoms with van der Waals surface area (Å²) in [6.45, 7) is 6.92. The average molecular weight is 303 g/mol. The van der Waals surface area contributed by atoms with Gasteiger partial charge in [0.2, 0.25) is 0 Å². The number of rotatable bonds is 6. The molecule has 0 saturated carbocycles. The maximum atomic E-state index is 13.2. The predicted molar refractivity (Wildman–Crippen MR) is 73.6 cm³/mol. The summed E-state index contributed by atoms with van der Waals surface area (Å²) in [5.41, 5.74) is 0.956. The number of nitrogens with one attached hydrogen (secondary N) is 1. The van der Waals surface area contributed by atoms with E-state index in [1.54, 1.807) is 6.07 Å². The Labute approximate surface area is 111 Å². The van der Waals surface area contributed by atoms with Crippen LogP contribution in [-0.2, 0) is 6.54 Å². The first kappa shape index (κ1) is 14.6. The van der Waals surface area contributed by atoms with Crippen molar-refractivity contribution in [2.24, 2.45) is 0 Å². The van der Waals surface area contributed by atoms with Gasteiger partial charge in [-0.3, -0.25) is 0 Å². The number of hydrogen-bond acceptors (Lipinski definition) is 2. The predicted octanol–water partition coefficient (Wildman–Crippen LogP) is 3.02. The van der Waals surface area contributed by atoms with Crippen molar-refractivity contribution >= 4 is 15.9 Å². The zero-order chi connectivity index (χ0) is 12.8. The van der Waals surface area contributed by atoms with Crippen molar-refractivity contribution in [2.45, 2.75) is 26.4 Å². The van der Waals surface area contributed by atoms with E-state index in [9.17, 15) is 4.39 Å². The first-order chi connectivity index (χ1) is 8.02. The largest absolute Gasteiger partial charge is 0.311 e. The fourth-order valence-electron chi connectivity index (χ4n) is 1.42. The first-order valence-corrected chi connectivity index (χ1v) is 6.65. The Hall–Kier alpha value is -0.450. The summed E-state index contributed by atoms with van der Waals surface area (Å²) >= 11 is 3.26. The molecule has 1 rings (SSSR count). The molecular weight excluding hydrogens is 283 g/mol. The molecule has 1 N–H and O–H groups in total. The van der Waals surface area contributed by atoms with E-state index in [4.69, 9.17) is 0 Å². The van der Waals surface area contributed by atoms with E-state index < -0.39 is 0 Å². The molecule has 17 heavy (non-hydrogen) atoms. The van der Waals surface area contributed by atoms with Gasteiger partial charge in [0.1, 0.15) is 5.82 Å². The van der Waals surface area contributed by atoms with Gasteiger partial charge in [-0.2, -0.15) is 0 Å². The Kier molecular flexibility index (Phi) is 6.09.